The van der Waals surface area contributed by atoms with Gasteiger partial charge in [-0.2, -0.15) is 0 Å². The van der Waals surface area contributed by atoms with Crippen LogP contribution in [0.4, 0.5) is 4.39 Å². The molecule has 0 aliphatic heterocycles. The highest BCUT2D eigenvalue weighted by molar-refractivity contribution is 6.31. The molecule has 0 aliphatic rings. The Morgan fingerprint density at radius 2 is 1.95 bits per heavy atom. The Morgan fingerprint density at radius 3 is 2.63 bits per heavy atom. The molecule has 4 heteroatoms. The smallest absolute Gasteiger partial charge is 0.142 e. The molecule has 19 heavy (non-hydrogen) atoms. The van der Waals surface area contributed by atoms with E-state index in [1.165, 1.54) is 6.07 Å². The van der Waals surface area contributed by atoms with Gasteiger partial charge in [0, 0.05) is 5.56 Å². The molecule has 0 aliphatic carbocycles. The van der Waals surface area contributed by atoms with Gasteiger partial charge in [0.15, 0.2) is 0 Å². The highest BCUT2D eigenvalue weighted by Crippen LogP contribution is 2.33. The van der Waals surface area contributed by atoms with Gasteiger partial charge in [-0.1, -0.05) is 41.4 Å². The molecule has 2 nitrogen and oxygen atoms in total. The van der Waals surface area contributed by atoms with Crippen molar-refractivity contribution in [3.8, 4) is 5.75 Å². The first-order chi connectivity index (χ1) is 9.04. The van der Waals surface area contributed by atoms with E-state index in [0.717, 1.165) is 11.1 Å². The average Bonchev–Trinajstić information content (AvgIpc) is 2.41. The molecule has 2 N–H and O–H groups in total. The van der Waals surface area contributed by atoms with Crippen molar-refractivity contribution in [2.45, 2.75) is 13.0 Å². The first-order valence-electron chi connectivity index (χ1n) is 5.88. The Balaban J connectivity index is 2.52. The fraction of sp³-hybridized carbons (Fsp3) is 0.200. The summed E-state index contributed by atoms with van der Waals surface area (Å²) < 4.78 is 18.8. The Hall–Kier alpha value is -1.58. The van der Waals surface area contributed by atoms with Gasteiger partial charge in [0.05, 0.1) is 18.2 Å². The van der Waals surface area contributed by atoms with Crippen molar-refractivity contribution in [1.82, 2.24) is 0 Å². The van der Waals surface area contributed by atoms with Crippen molar-refractivity contribution in [3.05, 3.63) is 63.9 Å². The van der Waals surface area contributed by atoms with Crippen LogP contribution in [-0.4, -0.2) is 7.11 Å². The van der Waals surface area contributed by atoms with E-state index in [1.54, 1.807) is 19.2 Å². The van der Waals surface area contributed by atoms with Crippen molar-refractivity contribution >= 4 is 11.6 Å². The van der Waals surface area contributed by atoms with Crippen LogP contribution in [0.1, 0.15) is 22.7 Å². The summed E-state index contributed by atoms with van der Waals surface area (Å²) in [5.41, 5.74) is 8.59. The lowest BCUT2D eigenvalue weighted by atomic mass is 9.97. The topological polar surface area (TPSA) is 35.2 Å². The minimum atomic E-state index is -0.530. The first-order valence-corrected chi connectivity index (χ1v) is 6.26. The van der Waals surface area contributed by atoms with Crippen LogP contribution in [-0.2, 0) is 0 Å². The number of hydrogen-bond acceptors (Lipinski definition) is 2. The molecule has 2 rings (SSSR count). The van der Waals surface area contributed by atoms with Crippen LogP contribution >= 0.6 is 11.6 Å². The van der Waals surface area contributed by atoms with Gasteiger partial charge < -0.3 is 10.5 Å². The van der Waals surface area contributed by atoms with E-state index in [9.17, 15) is 4.39 Å². The summed E-state index contributed by atoms with van der Waals surface area (Å²) in [5.74, 6) is 0.194. The van der Waals surface area contributed by atoms with Gasteiger partial charge in [0.25, 0.3) is 0 Å². The van der Waals surface area contributed by atoms with Gasteiger partial charge >= 0.3 is 0 Å². The predicted octanol–water partition coefficient (Wildman–Crippen LogP) is 3.84. The fourth-order valence-electron chi connectivity index (χ4n) is 2.03. The zero-order valence-corrected chi connectivity index (χ0v) is 11.5. The van der Waals surface area contributed by atoms with Gasteiger partial charge in [0.2, 0.25) is 0 Å². The van der Waals surface area contributed by atoms with Crippen molar-refractivity contribution in [3.63, 3.8) is 0 Å². The predicted molar refractivity (Wildman–Crippen MR) is 75.2 cm³/mol. The Labute approximate surface area is 117 Å². The molecule has 0 fully saturated rings. The Kier molecular flexibility index (Phi) is 4.08. The van der Waals surface area contributed by atoms with Gasteiger partial charge in [-0.05, 0) is 24.6 Å². The van der Waals surface area contributed by atoms with E-state index in [2.05, 4.69) is 0 Å². The lowest BCUT2D eigenvalue weighted by Crippen LogP contribution is -2.14. The number of nitrogens with two attached hydrogens (primary N) is 1. The molecule has 2 aromatic rings. The molecule has 2 aromatic carbocycles. The SMILES string of the molecule is COc1ccc(C)cc1C(N)c1cccc(F)c1Cl. The second kappa shape index (κ2) is 5.59. The summed E-state index contributed by atoms with van der Waals surface area (Å²) in [7, 11) is 1.58. The molecular formula is C15H15ClFNO. The quantitative estimate of drug-likeness (QED) is 0.926. The van der Waals surface area contributed by atoms with Gasteiger partial charge in [-0.15, -0.1) is 0 Å². The number of aryl methyl sites for hydroxylation is 1. The summed E-state index contributed by atoms with van der Waals surface area (Å²) in [5, 5.41) is 0.0542. The second-order valence-corrected chi connectivity index (χ2v) is 4.74. The zero-order chi connectivity index (χ0) is 14.0. The molecule has 0 aromatic heterocycles. The summed E-state index contributed by atoms with van der Waals surface area (Å²) in [6.45, 7) is 1.96. The van der Waals surface area contributed by atoms with E-state index in [4.69, 9.17) is 22.1 Å². The van der Waals surface area contributed by atoms with E-state index < -0.39 is 11.9 Å². The second-order valence-electron chi connectivity index (χ2n) is 4.37. The minimum Gasteiger partial charge on any atom is -0.496 e. The van der Waals surface area contributed by atoms with Crippen LogP contribution in [0, 0.1) is 12.7 Å². The summed E-state index contributed by atoms with van der Waals surface area (Å²) >= 11 is 5.98. The molecule has 0 amide bonds. The number of ether oxygens (including phenoxy) is 1. The van der Waals surface area contributed by atoms with Crippen molar-refractivity contribution in [2.24, 2.45) is 5.73 Å². The number of benzene rings is 2. The van der Waals surface area contributed by atoms with E-state index in [0.29, 0.717) is 11.3 Å². The molecule has 0 spiro atoms. The molecule has 0 radical (unpaired) electrons. The fourth-order valence-corrected chi connectivity index (χ4v) is 2.27. The maximum absolute atomic E-state index is 13.5. The zero-order valence-electron chi connectivity index (χ0n) is 10.8. The maximum atomic E-state index is 13.5. The van der Waals surface area contributed by atoms with Crippen LogP contribution in [0.5, 0.6) is 5.75 Å². The monoisotopic (exact) mass is 279 g/mol. The lowest BCUT2D eigenvalue weighted by molar-refractivity contribution is 0.407. The third-order valence-corrected chi connectivity index (χ3v) is 3.44. The van der Waals surface area contributed by atoms with Crippen LogP contribution in [0.3, 0.4) is 0 Å². The minimum absolute atomic E-state index is 0.0542. The van der Waals surface area contributed by atoms with Crippen molar-refractivity contribution in [2.75, 3.05) is 7.11 Å². The van der Waals surface area contributed by atoms with Gasteiger partial charge in [-0.25, -0.2) is 4.39 Å². The molecule has 0 saturated heterocycles. The highest BCUT2D eigenvalue weighted by Gasteiger charge is 2.18. The van der Waals surface area contributed by atoms with Crippen molar-refractivity contribution < 1.29 is 9.13 Å². The first kappa shape index (κ1) is 13.8. The van der Waals surface area contributed by atoms with E-state index in [1.807, 2.05) is 25.1 Å². The molecule has 0 heterocycles. The number of hydrogen-bond donors (Lipinski definition) is 1. The Morgan fingerprint density at radius 1 is 1.21 bits per heavy atom. The largest absolute Gasteiger partial charge is 0.496 e. The standard InChI is InChI=1S/C15H15ClFNO/c1-9-6-7-13(19-2)11(8-9)15(18)10-4-3-5-12(17)14(10)16/h3-8,15H,18H2,1-2H3. The summed E-state index contributed by atoms with van der Waals surface area (Å²) in [4.78, 5) is 0. The average molecular weight is 280 g/mol. The normalized spacial score (nSPS) is 12.3. The van der Waals surface area contributed by atoms with E-state index >= 15 is 0 Å². The summed E-state index contributed by atoms with van der Waals surface area (Å²) in [6.07, 6.45) is 0. The molecule has 100 valence electrons. The van der Waals surface area contributed by atoms with Crippen molar-refractivity contribution in [1.29, 1.82) is 0 Å². The van der Waals surface area contributed by atoms with Crippen LogP contribution in [0.2, 0.25) is 5.02 Å². The number of rotatable bonds is 3. The summed E-state index contributed by atoms with van der Waals surface area (Å²) in [6, 6.07) is 9.80. The molecule has 0 saturated carbocycles. The van der Waals surface area contributed by atoms with Crippen LogP contribution in [0.25, 0.3) is 0 Å². The van der Waals surface area contributed by atoms with Gasteiger partial charge in [-0.3, -0.25) is 0 Å². The third-order valence-electron chi connectivity index (χ3n) is 3.04. The third kappa shape index (κ3) is 2.72. The maximum Gasteiger partial charge on any atom is 0.142 e. The van der Waals surface area contributed by atoms with Gasteiger partial charge in [0.1, 0.15) is 11.6 Å². The number of methoxy groups -OCH3 is 1. The van der Waals surface area contributed by atoms with E-state index in [-0.39, 0.29) is 5.02 Å². The lowest BCUT2D eigenvalue weighted by Gasteiger charge is -2.18. The molecule has 0 bridgehead atoms. The van der Waals surface area contributed by atoms with Crippen LogP contribution in [0.15, 0.2) is 36.4 Å². The molecule has 1 atom stereocenters. The molecular weight excluding hydrogens is 265 g/mol. The number of halogens is 2. The Bertz CT molecular complexity index is 601. The highest BCUT2D eigenvalue weighted by atomic mass is 35.5. The molecule has 1 unspecified atom stereocenters. The van der Waals surface area contributed by atoms with Crippen LogP contribution < -0.4 is 10.5 Å².